The molecule has 0 fully saturated rings. The summed E-state index contributed by atoms with van der Waals surface area (Å²) in [4.78, 5) is 16.8. The summed E-state index contributed by atoms with van der Waals surface area (Å²) in [5.74, 6) is 0.0151. The van der Waals surface area contributed by atoms with Crippen LogP contribution in [0.2, 0.25) is 0 Å². The third-order valence-electron chi connectivity index (χ3n) is 3.19. The minimum Gasteiger partial charge on any atom is -0.392 e. The van der Waals surface area contributed by atoms with Crippen molar-refractivity contribution in [1.82, 2.24) is 10.3 Å². The molecule has 0 aliphatic heterocycles. The zero-order valence-corrected chi connectivity index (χ0v) is 13.7. The van der Waals surface area contributed by atoms with Gasteiger partial charge in [-0.25, -0.2) is 4.98 Å². The SMILES string of the molecule is CCNc1ncc(C(=O)NCC(C)(C)C(O)C(C)C)s1. The highest BCUT2D eigenvalue weighted by atomic mass is 32.1. The van der Waals surface area contributed by atoms with Gasteiger partial charge in [-0.05, 0) is 12.8 Å². The van der Waals surface area contributed by atoms with E-state index in [1.54, 1.807) is 6.20 Å². The predicted octanol–water partition coefficient (Wildman–Crippen LogP) is 2.35. The van der Waals surface area contributed by atoms with E-state index in [1.165, 1.54) is 11.3 Å². The Labute approximate surface area is 124 Å². The summed E-state index contributed by atoms with van der Waals surface area (Å²) in [5, 5.41) is 16.8. The molecule has 1 aromatic rings. The number of aliphatic hydroxyl groups is 1. The molecule has 1 unspecified atom stereocenters. The average molecular weight is 299 g/mol. The molecule has 1 aromatic heterocycles. The monoisotopic (exact) mass is 299 g/mol. The lowest BCUT2D eigenvalue weighted by Gasteiger charge is -2.33. The molecular weight excluding hydrogens is 274 g/mol. The first-order valence-electron chi connectivity index (χ1n) is 6.94. The topological polar surface area (TPSA) is 74.2 Å². The molecule has 20 heavy (non-hydrogen) atoms. The highest BCUT2D eigenvalue weighted by Gasteiger charge is 2.30. The molecule has 1 atom stereocenters. The second kappa shape index (κ2) is 7.04. The Morgan fingerprint density at radius 2 is 2.15 bits per heavy atom. The maximum absolute atomic E-state index is 12.1. The first kappa shape index (κ1) is 16.9. The highest BCUT2D eigenvalue weighted by molar-refractivity contribution is 7.17. The Hall–Kier alpha value is -1.14. The summed E-state index contributed by atoms with van der Waals surface area (Å²) in [7, 11) is 0. The number of nitrogens with one attached hydrogen (secondary N) is 2. The van der Waals surface area contributed by atoms with E-state index < -0.39 is 6.10 Å². The fourth-order valence-electron chi connectivity index (χ4n) is 2.01. The number of aliphatic hydroxyl groups excluding tert-OH is 1. The molecule has 0 aliphatic rings. The zero-order chi connectivity index (χ0) is 15.3. The van der Waals surface area contributed by atoms with Crippen molar-refractivity contribution in [3.63, 3.8) is 0 Å². The molecule has 0 saturated heterocycles. The number of hydrogen-bond acceptors (Lipinski definition) is 5. The lowest BCUT2D eigenvalue weighted by Crippen LogP contribution is -2.43. The number of thiazole rings is 1. The summed E-state index contributed by atoms with van der Waals surface area (Å²) >= 11 is 1.33. The largest absolute Gasteiger partial charge is 0.392 e. The minimum atomic E-state index is -0.457. The standard InChI is InChI=1S/C14H25N3O2S/c1-6-15-13-16-7-10(20-13)12(19)17-8-14(4,5)11(18)9(2)3/h7,9,11,18H,6,8H2,1-5H3,(H,15,16)(H,17,19). The molecule has 0 bridgehead atoms. The summed E-state index contributed by atoms with van der Waals surface area (Å²) in [6, 6.07) is 0. The van der Waals surface area contributed by atoms with Gasteiger partial charge in [-0.1, -0.05) is 39.0 Å². The van der Waals surface area contributed by atoms with Crippen LogP contribution in [0, 0.1) is 11.3 Å². The minimum absolute atomic E-state index is 0.143. The number of rotatable bonds is 7. The van der Waals surface area contributed by atoms with Crippen LogP contribution in [0.3, 0.4) is 0 Å². The molecular formula is C14H25N3O2S. The molecule has 1 amide bonds. The van der Waals surface area contributed by atoms with Crippen LogP contribution in [-0.4, -0.2) is 35.2 Å². The van der Waals surface area contributed by atoms with E-state index in [2.05, 4.69) is 15.6 Å². The third kappa shape index (κ3) is 4.45. The molecule has 0 spiro atoms. The Morgan fingerprint density at radius 1 is 1.50 bits per heavy atom. The third-order valence-corrected chi connectivity index (χ3v) is 4.15. The summed E-state index contributed by atoms with van der Waals surface area (Å²) < 4.78 is 0. The smallest absolute Gasteiger partial charge is 0.263 e. The van der Waals surface area contributed by atoms with E-state index >= 15 is 0 Å². The summed E-state index contributed by atoms with van der Waals surface area (Å²) in [6.07, 6.45) is 1.12. The van der Waals surface area contributed by atoms with Crippen molar-refractivity contribution in [3.05, 3.63) is 11.1 Å². The molecule has 1 rings (SSSR count). The van der Waals surface area contributed by atoms with Gasteiger partial charge in [0.2, 0.25) is 0 Å². The second-order valence-electron chi connectivity index (χ2n) is 5.92. The fraction of sp³-hybridized carbons (Fsp3) is 0.714. The van der Waals surface area contributed by atoms with Gasteiger partial charge in [0.15, 0.2) is 5.13 Å². The first-order chi connectivity index (χ1) is 9.27. The Bertz CT molecular complexity index is 443. The van der Waals surface area contributed by atoms with Crippen LogP contribution in [0.4, 0.5) is 5.13 Å². The first-order valence-corrected chi connectivity index (χ1v) is 7.75. The van der Waals surface area contributed by atoms with Gasteiger partial charge in [-0.3, -0.25) is 4.79 Å². The Balaban J connectivity index is 2.58. The number of nitrogens with zero attached hydrogens (tertiary/aromatic N) is 1. The van der Waals surface area contributed by atoms with Crippen molar-refractivity contribution >= 4 is 22.4 Å². The Kier molecular flexibility index (Phi) is 5.95. The van der Waals surface area contributed by atoms with Gasteiger partial charge in [-0.15, -0.1) is 0 Å². The maximum Gasteiger partial charge on any atom is 0.263 e. The number of aromatic nitrogens is 1. The van der Waals surface area contributed by atoms with Crippen molar-refractivity contribution in [3.8, 4) is 0 Å². The van der Waals surface area contributed by atoms with E-state index in [4.69, 9.17) is 0 Å². The quantitative estimate of drug-likeness (QED) is 0.722. The normalized spacial score (nSPS) is 13.3. The molecule has 114 valence electrons. The number of amides is 1. The molecule has 0 aromatic carbocycles. The lowest BCUT2D eigenvalue weighted by molar-refractivity contribution is 0.0138. The van der Waals surface area contributed by atoms with Crippen LogP contribution < -0.4 is 10.6 Å². The van der Waals surface area contributed by atoms with Crippen molar-refractivity contribution in [2.45, 2.75) is 40.7 Å². The van der Waals surface area contributed by atoms with Crippen molar-refractivity contribution in [1.29, 1.82) is 0 Å². The van der Waals surface area contributed by atoms with Gasteiger partial charge in [0.05, 0.1) is 12.3 Å². The summed E-state index contributed by atoms with van der Waals surface area (Å²) in [5.41, 5.74) is -0.362. The fourth-order valence-corrected chi connectivity index (χ4v) is 2.81. The number of carbonyl (C=O) groups excluding carboxylic acids is 1. The van der Waals surface area contributed by atoms with Gasteiger partial charge in [0, 0.05) is 18.5 Å². The van der Waals surface area contributed by atoms with Crippen molar-refractivity contribution < 1.29 is 9.90 Å². The van der Waals surface area contributed by atoms with Crippen molar-refractivity contribution in [2.24, 2.45) is 11.3 Å². The molecule has 1 heterocycles. The van der Waals surface area contributed by atoms with E-state index in [1.807, 2.05) is 34.6 Å². The maximum atomic E-state index is 12.1. The predicted molar refractivity (Wildman–Crippen MR) is 83.2 cm³/mol. The van der Waals surface area contributed by atoms with Crippen LogP contribution in [0.15, 0.2) is 6.20 Å². The van der Waals surface area contributed by atoms with Gasteiger partial charge in [0.25, 0.3) is 5.91 Å². The number of hydrogen-bond donors (Lipinski definition) is 3. The lowest BCUT2D eigenvalue weighted by atomic mass is 9.81. The van der Waals surface area contributed by atoms with E-state index in [9.17, 15) is 9.90 Å². The molecule has 6 heteroatoms. The molecule has 5 nitrogen and oxygen atoms in total. The molecule has 0 radical (unpaired) electrons. The van der Waals surface area contributed by atoms with Gasteiger partial charge in [-0.2, -0.15) is 0 Å². The highest BCUT2D eigenvalue weighted by Crippen LogP contribution is 2.25. The van der Waals surface area contributed by atoms with E-state index in [0.29, 0.717) is 11.4 Å². The van der Waals surface area contributed by atoms with Gasteiger partial charge < -0.3 is 15.7 Å². The molecule has 3 N–H and O–H groups in total. The van der Waals surface area contributed by atoms with Crippen LogP contribution in [0.5, 0.6) is 0 Å². The Morgan fingerprint density at radius 3 is 2.70 bits per heavy atom. The van der Waals surface area contributed by atoms with Crippen LogP contribution >= 0.6 is 11.3 Å². The average Bonchev–Trinajstić information content (AvgIpc) is 2.84. The number of anilines is 1. The van der Waals surface area contributed by atoms with Crippen LogP contribution in [-0.2, 0) is 0 Å². The number of carbonyl (C=O) groups is 1. The zero-order valence-electron chi connectivity index (χ0n) is 12.9. The van der Waals surface area contributed by atoms with Gasteiger partial charge >= 0.3 is 0 Å². The molecule has 0 saturated carbocycles. The van der Waals surface area contributed by atoms with Crippen LogP contribution in [0.1, 0.15) is 44.3 Å². The van der Waals surface area contributed by atoms with Gasteiger partial charge in [0.1, 0.15) is 4.88 Å². The second-order valence-corrected chi connectivity index (χ2v) is 6.95. The van der Waals surface area contributed by atoms with Crippen molar-refractivity contribution in [2.75, 3.05) is 18.4 Å². The molecule has 0 aliphatic carbocycles. The van der Waals surface area contributed by atoms with E-state index in [0.717, 1.165) is 11.7 Å². The van der Waals surface area contributed by atoms with Crippen LogP contribution in [0.25, 0.3) is 0 Å². The summed E-state index contributed by atoms with van der Waals surface area (Å²) in [6.45, 7) is 11.0. The van der Waals surface area contributed by atoms with E-state index in [-0.39, 0.29) is 17.2 Å².